The summed E-state index contributed by atoms with van der Waals surface area (Å²) in [6.45, 7) is 0.656. The molecule has 9 heteroatoms. The molecule has 0 aliphatic carbocycles. The highest BCUT2D eigenvalue weighted by Gasteiger charge is 2.24. The van der Waals surface area contributed by atoms with Crippen molar-refractivity contribution in [2.75, 3.05) is 5.32 Å². The number of anilines is 1. The van der Waals surface area contributed by atoms with Crippen LogP contribution in [0.4, 0.5) is 11.6 Å². The topological polar surface area (TPSA) is 120 Å². The lowest BCUT2D eigenvalue weighted by Gasteiger charge is -2.07. The Morgan fingerprint density at radius 1 is 1.03 bits per heavy atom. The number of hydrogen-bond donors (Lipinski definition) is 4. The summed E-state index contributed by atoms with van der Waals surface area (Å²) in [4.78, 5) is 24.4. The predicted molar refractivity (Wildman–Crippen MR) is 112 cm³/mol. The minimum atomic E-state index is -0.299. The largest absolute Gasteiger partial charge is 0.508 e. The Hall–Kier alpha value is -4.27. The maximum atomic E-state index is 12.7. The van der Waals surface area contributed by atoms with Gasteiger partial charge in [0.2, 0.25) is 0 Å². The van der Waals surface area contributed by atoms with Crippen LogP contribution in [0, 0.1) is 0 Å². The van der Waals surface area contributed by atoms with E-state index in [-0.39, 0.29) is 23.7 Å². The molecule has 5 rings (SSSR count). The van der Waals surface area contributed by atoms with Gasteiger partial charge in [-0.05, 0) is 23.8 Å². The molecule has 0 saturated heterocycles. The van der Waals surface area contributed by atoms with Crippen LogP contribution in [0.15, 0.2) is 64.6 Å². The number of aromatic nitrogens is 4. The van der Waals surface area contributed by atoms with Crippen LogP contribution >= 0.6 is 0 Å². The van der Waals surface area contributed by atoms with Gasteiger partial charge in [0.1, 0.15) is 28.7 Å². The van der Waals surface area contributed by atoms with Crippen molar-refractivity contribution in [3.05, 3.63) is 76.5 Å². The molecule has 1 aliphatic rings. The number of phenols is 2. The van der Waals surface area contributed by atoms with Gasteiger partial charge in [0.25, 0.3) is 0 Å². The van der Waals surface area contributed by atoms with Crippen molar-refractivity contribution in [2.45, 2.75) is 13.1 Å². The monoisotopic (exact) mass is 402 g/mol. The molecule has 0 unspecified atom stereocenters. The summed E-state index contributed by atoms with van der Waals surface area (Å²) >= 11 is 0. The number of fused-ring (bicyclic) bond motifs is 3. The normalized spacial score (nSPS) is 12.1. The number of nitrogens with zero attached hydrogens (tertiary/aromatic N) is 4. The van der Waals surface area contributed by atoms with Crippen LogP contribution in [0.25, 0.3) is 11.4 Å². The van der Waals surface area contributed by atoms with E-state index in [4.69, 9.17) is 0 Å². The number of hydrogen-bond acceptors (Lipinski definition) is 6. The van der Waals surface area contributed by atoms with E-state index in [0.29, 0.717) is 29.6 Å². The average molecular weight is 402 g/mol. The number of nitrogens with one attached hydrogen (secondary N) is 2. The number of aliphatic imine (C=N–C) groups is 1. The van der Waals surface area contributed by atoms with Gasteiger partial charge in [-0.3, -0.25) is 4.57 Å². The Balaban J connectivity index is 1.55. The molecule has 30 heavy (non-hydrogen) atoms. The molecule has 4 aromatic rings. The summed E-state index contributed by atoms with van der Waals surface area (Å²) in [5.74, 6) is 1.44. The molecule has 4 N–H and O–H groups in total. The number of phenolic OH excluding ortho intramolecular Hbond substituents is 2. The standard InChI is InChI=1S/C21H18N6O3/c28-15-6-3-4-13(8-15)9-27-20-18(25-21(27)30)17-19(22-11-23-20)26(12-24-17)10-14-5-1-2-7-16(14)29/h1-8,11-12,28-29H,9-10H2,(H,22,23)(H,25,30). The predicted octanol–water partition coefficient (Wildman–Crippen LogP) is 2.63. The Morgan fingerprint density at radius 2 is 1.90 bits per heavy atom. The van der Waals surface area contributed by atoms with E-state index >= 15 is 0 Å². The first-order valence-corrected chi connectivity index (χ1v) is 9.32. The molecule has 0 fully saturated rings. The SMILES string of the molecule is O=c1[nH]c2c(n1Cc1cccc(O)c1)NC=Nc1c-2ncn1Cc1ccccc1O. The van der Waals surface area contributed by atoms with Crippen LogP contribution in [-0.4, -0.2) is 35.7 Å². The molecule has 0 atom stereocenters. The molecular weight excluding hydrogens is 384 g/mol. The van der Waals surface area contributed by atoms with Gasteiger partial charge in [0.15, 0.2) is 5.82 Å². The smallest absolute Gasteiger partial charge is 0.327 e. The highest BCUT2D eigenvalue weighted by atomic mass is 16.3. The maximum Gasteiger partial charge on any atom is 0.327 e. The second kappa shape index (κ2) is 6.96. The minimum Gasteiger partial charge on any atom is -0.508 e. The van der Waals surface area contributed by atoms with Crippen LogP contribution < -0.4 is 11.0 Å². The van der Waals surface area contributed by atoms with E-state index in [0.717, 1.165) is 11.1 Å². The van der Waals surface area contributed by atoms with Gasteiger partial charge < -0.3 is 25.1 Å². The molecule has 3 heterocycles. The summed E-state index contributed by atoms with van der Waals surface area (Å²) in [7, 11) is 0. The zero-order chi connectivity index (χ0) is 20.7. The van der Waals surface area contributed by atoms with Gasteiger partial charge in [-0.1, -0.05) is 30.3 Å². The van der Waals surface area contributed by atoms with Crippen LogP contribution in [0.3, 0.4) is 0 Å². The first kappa shape index (κ1) is 17.8. The lowest BCUT2D eigenvalue weighted by molar-refractivity contribution is 0.466. The van der Waals surface area contributed by atoms with Gasteiger partial charge in [-0.15, -0.1) is 0 Å². The lowest BCUT2D eigenvalue weighted by atomic mass is 10.2. The molecule has 0 bridgehead atoms. The quantitative estimate of drug-likeness (QED) is 0.418. The molecule has 0 saturated carbocycles. The summed E-state index contributed by atoms with van der Waals surface area (Å²) < 4.78 is 3.34. The second-order valence-electron chi connectivity index (χ2n) is 6.99. The fourth-order valence-corrected chi connectivity index (χ4v) is 3.57. The third kappa shape index (κ3) is 3.02. The Kier molecular flexibility index (Phi) is 4.13. The van der Waals surface area contributed by atoms with Crippen LogP contribution in [0.5, 0.6) is 11.5 Å². The summed E-state index contributed by atoms with van der Waals surface area (Å²) in [6.07, 6.45) is 3.15. The molecule has 9 nitrogen and oxygen atoms in total. The summed E-state index contributed by atoms with van der Waals surface area (Å²) in [6, 6.07) is 13.8. The first-order chi connectivity index (χ1) is 14.6. The van der Waals surface area contributed by atoms with E-state index in [2.05, 4.69) is 20.3 Å². The van der Waals surface area contributed by atoms with Gasteiger partial charge in [0, 0.05) is 5.56 Å². The fraction of sp³-hybridized carbons (Fsp3) is 0.0952. The maximum absolute atomic E-state index is 12.7. The van der Waals surface area contributed by atoms with E-state index < -0.39 is 0 Å². The third-order valence-corrected chi connectivity index (χ3v) is 5.00. The number of aromatic amines is 1. The molecule has 0 spiro atoms. The van der Waals surface area contributed by atoms with Crippen molar-refractivity contribution in [1.82, 2.24) is 19.1 Å². The average Bonchev–Trinajstić information content (AvgIpc) is 3.19. The zero-order valence-corrected chi connectivity index (χ0v) is 15.8. The zero-order valence-electron chi connectivity index (χ0n) is 15.8. The number of para-hydroxylation sites is 1. The molecule has 2 aromatic heterocycles. The number of H-pyrrole nitrogens is 1. The molecule has 0 radical (unpaired) electrons. The van der Waals surface area contributed by atoms with Crippen molar-refractivity contribution in [2.24, 2.45) is 4.99 Å². The highest BCUT2D eigenvalue weighted by Crippen LogP contribution is 2.35. The van der Waals surface area contributed by atoms with Crippen LogP contribution in [-0.2, 0) is 13.1 Å². The fourth-order valence-electron chi connectivity index (χ4n) is 3.57. The highest BCUT2D eigenvalue weighted by molar-refractivity contribution is 5.90. The van der Waals surface area contributed by atoms with E-state index in [1.54, 1.807) is 36.7 Å². The van der Waals surface area contributed by atoms with Crippen molar-refractivity contribution in [3.63, 3.8) is 0 Å². The van der Waals surface area contributed by atoms with Gasteiger partial charge in [-0.25, -0.2) is 14.8 Å². The summed E-state index contributed by atoms with van der Waals surface area (Å²) in [5.41, 5.74) is 2.29. The van der Waals surface area contributed by atoms with Gasteiger partial charge in [0.05, 0.1) is 25.8 Å². The second-order valence-corrected chi connectivity index (χ2v) is 6.99. The molecule has 1 aliphatic heterocycles. The van der Waals surface area contributed by atoms with Gasteiger partial charge in [-0.2, -0.15) is 0 Å². The Labute approximate surface area is 170 Å². The van der Waals surface area contributed by atoms with Crippen molar-refractivity contribution >= 4 is 18.0 Å². The van der Waals surface area contributed by atoms with Crippen molar-refractivity contribution < 1.29 is 10.2 Å². The molecular formula is C21H18N6O3. The minimum absolute atomic E-state index is 0.141. The summed E-state index contributed by atoms with van der Waals surface area (Å²) in [5, 5.41) is 22.8. The number of benzene rings is 2. The Bertz CT molecular complexity index is 1330. The van der Waals surface area contributed by atoms with Crippen molar-refractivity contribution in [1.29, 1.82) is 0 Å². The Morgan fingerprint density at radius 3 is 2.73 bits per heavy atom. The van der Waals surface area contributed by atoms with E-state index in [1.165, 1.54) is 10.9 Å². The third-order valence-electron chi connectivity index (χ3n) is 5.00. The van der Waals surface area contributed by atoms with Crippen molar-refractivity contribution in [3.8, 4) is 22.9 Å². The molecule has 2 aromatic carbocycles. The molecule has 150 valence electrons. The van der Waals surface area contributed by atoms with E-state index in [1.807, 2.05) is 22.8 Å². The molecule has 0 amide bonds. The number of rotatable bonds is 4. The number of imidazole rings is 2. The van der Waals surface area contributed by atoms with E-state index in [9.17, 15) is 15.0 Å². The lowest BCUT2D eigenvalue weighted by Crippen LogP contribution is -2.19. The number of aromatic hydroxyl groups is 2. The van der Waals surface area contributed by atoms with Gasteiger partial charge >= 0.3 is 5.69 Å². The van der Waals surface area contributed by atoms with Crippen LogP contribution in [0.2, 0.25) is 0 Å². The van der Waals surface area contributed by atoms with Crippen LogP contribution in [0.1, 0.15) is 11.1 Å². The first-order valence-electron chi connectivity index (χ1n) is 9.32.